The highest BCUT2D eigenvalue weighted by molar-refractivity contribution is 5.84. The highest BCUT2D eigenvalue weighted by Gasteiger charge is 2.05. The predicted molar refractivity (Wildman–Crippen MR) is 66.6 cm³/mol. The lowest BCUT2D eigenvalue weighted by Gasteiger charge is -2.09. The lowest BCUT2D eigenvalue weighted by atomic mass is 10.1. The summed E-state index contributed by atoms with van der Waals surface area (Å²) in [5, 5.41) is 5.13. The van der Waals surface area contributed by atoms with Crippen molar-refractivity contribution in [2.24, 2.45) is 7.05 Å². The molecular weight excluding hydrogens is 200 g/mol. The first-order chi connectivity index (χ1) is 7.74. The lowest BCUT2D eigenvalue weighted by molar-refractivity contribution is 0.719. The number of hydrogen-bond donors (Lipinski definition) is 1. The third-order valence-electron chi connectivity index (χ3n) is 2.74. The standard InChI is InChI=1S/C13H16N2O/c1-3-14-8-10-9-15(2)13(16)12-7-5-4-6-11(10)12/h4-7,9,14H,3,8H2,1-2H3. The van der Waals surface area contributed by atoms with Gasteiger partial charge >= 0.3 is 0 Å². The molecule has 0 saturated heterocycles. The molecule has 2 rings (SSSR count). The number of fused-ring (bicyclic) bond motifs is 1. The number of rotatable bonds is 3. The van der Waals surface area contributed by atoms with Gasteiger partial charge in [0.05, 0.1) is 0 Å². The summed E-state index contributed by atoms with van der Waals surface area (Å²) in [5.41, 5.74) is 1.23. The maximum atomic E-state index is 11.9. The summed E-state index contributed by atoms with van der Waals surface area (Å²) >= 11 is 0. The fraction of sp³-hybridized carbons (Fsp3) is 0.308. The van der Waals surface area contributed by atoms with Crippen LogP contribution in [0.5, 0.6) is 0 Å². The molecule has 1 heterocycles. The van der Waals surface area contributed by atoms with Crippen molar-refractivity contribution in [1.82, 2.24) is 9.88 Å². The molecule has 0 unspecified atom stereocenters. The fourth-order valence-corrected chi connectivity index (χ4v) is 1.90. The number of aromatic nitrogens is 1. The summed E-state index contributed by atoms with van der Waals surface area (Å²) in [6.45, 7) is 3.80. The number of hydrogen-bond acceptors (Lipinski definition) is 2. The summed E-state index contributed by atoms with van der Waals surface area (Å²) in [6, 6.07) is 7.76. The average Bonchev–Trinajstić information content (AvgIpc) is 2.32. The first-order valence-corrected chi connectivity index (χ1v) is 5.52. The molecule has 0 amide bonds. The van der Waals surface area contributed by atoms with Crippen LogP contribution < -0.4 is 10.9 Å². The Hall–Kier alpha value is -1.61. The summed E-state index contributed by atoms with van der Waals surface area (Å²) < 4.78 is 1.65. The highest BCUT2D eigenvalue weighted by atomic mass is 16.1. The Labute approximate surface area is 94.7 Å². The second-order valence-corrected chi connectivity index (χ2v) is 3.90. The molecule has 0 atom stereocenters. The van der Waals surface area contributed by atoms with Crippen LogP contribution in [0.15, 0.2) is 35.3 Å². The van der Waals surface area contributed by atoms with Crippen molar-refractivity contribution in [2.45, 2.75) is 13.5 Å². The third kappa shape index (κ3) is 1.86. The quantitative estimate of drug-likeness (QED) is 0.846. The molecule has 0 aliphatic rings. The lowest BCUT2D eigenvalue weighted by Crippen LogP contribution is -2.20. The van der Waals surface area contributed by atoms with Gasteiger partial charge in [-0.25, -0.2) is 0 Å². The molecule has 0 aliphatic carbocycles. The van der Waals surface area contributed by atoms with Gasteiger partial charge < -0.3 is 9.88 Å². The number of benzene rings is 1. The molecule has 1 aromatic heterocycles. The van der Waals surface area contributed by atoms with Crippen LogP contribution in [0.2, 0.25) is 0 Å². The van der Waals surface area contributed by atoms with Crippen molar-refractivity contribution in [3.05, 3.63) is 46.4 Å². The maximum Gasteiger partial charge on any atom is 0.258 e. The van der Waals surface area contributed by atoms with Gasteiger partial charge in [0.2, 0.25) is 0 Å². The van der Waals surface area contributed by atoms with Crippen molar-refractivity contribution in [3.63, 3.8) is 0 Å². The van der Waals surface area contributed by atoms with E-state index in [1.54, 1.807) is 11.6 Å². The minimum absolute atomic E-state index is 0.0656. The largest absolute Gasteiger partial charge is 0.318 e. The predicted octanol–water partition coefficient (Wildman–Crippen LogP) is 1.65. The van der Waals surface area contributed by atoms with Gasteiger partial charge in [0.25, 0.3) is 5.56 Å². The number of nitrogens with one attached hydrogen (secondary N) is 1. The van der Waals surface area contributed by atoms with Crippen LogP contribution in [0, 0.1) is 0 Å². The van der Waals surface area contributed by atoms with Crippen LogP contribution in [0.4, 0.5) is 0 Å². The van der Waals surface area contributed by atoms with E-state index in [4.69, 9.17) is 0 Å². The van der Waals surface area contributed by atoms with Gasteiger partial charge in [0, 0.05) is 25.2 Å². The first kappa shape index (κ1) is 10.9. The van der Waals surface area contributed by atoms with Gasteiger partial charge in [0.1, 0.15) is 0 Å². The normalized spacial score (nSPS) is 10.9. The Morgan fingerprint density at radius 3 is 2.62 bits per heavy atom. The van der Waals surface area contributed by atoms with Crippen molar-refractivity contribution < 1.29 is 0 Å². The average molecular weight is 216 g/mol. The monoisotopic (exact) mass is 216 g/mol. The zero-order valence-corrected chi connectivity index (χ0v) is 9.66. The molecule has 0 fully saturated rings. The van der Waals surface area contributed by atoms with Crippen molar-refractivity contribution >= 4 is 10.8 Å². The molecule has 0 saturated carbocycles. The zero-order valence-electron chi connectivity index (χ0n) is 9.66. The van der Waals surface area contributed by atoms with E-state index < -0.39 is 0 Å². The first-order valence-electron chi connectivity index (χ1n) is 5.52. The summed E-state index contributed by atoms with van der Waals surface area (Å²) in [5.74, 6) is 0. The summed E-state index contributed by atoms with van der Waals surface area (Å²) in [4.78, 5) is 11.9. The SMILES string of the molecule is CCNCc1cn(C)c(=O)c2ccccc12. The Balaban J connectivity index is 2.65. The molecule has 3 heteroatoms. The van der Waals surface area contributed by atoms with Gasteiger partial charge in [-0.3, -0.25) is 4.79 Å². The zero-order chi connectivity index (χ0) is 11.5. The molecule has 0 radical (unpaired) electrons. The third-order valence-corrected chi connectivity index (χ3v) is 2.74. The van der Waals surface area contributed by atoms with Gasteiger partial charge in [-0.2, -0.15) is 0 Å². The van der Waals surface area contributed by atoms with E-state index in [0.29, 0.717) is 0 Å². The van der Waals surface area contributed by atoms with Gasteiger partial charge in [-0.05, 0) is 23.6 Å². The maximum absolute atomic E-state index is 11.9. The van der Waals surface area contributed by atoms with Crippen LogP contribution in [0.1, 0.15) is 12.5 Å². The Morgan fingerprint density at radius 2 is 1.94 bits per heavy atom. The highest BCUT2D eigenvalue weighted by Crippen LogP contribution is 2.14. The van der Waals surface area contributed by atoms with E-state index in [1.165, 1.54) is 5.56 Å². The van der Waals surface area contributed by atoms with Crippen LogP contribution >= 0.6 is 0 Å². The molecule has 1 N–H and O–H groups in total. The van der Waals surface area contributed by atoms with Crippen molar-refractivity contribution in [1.29, 1.82) is 0 Å². The fourth-order valence-electron chi connectivity index (χ4n) is 1.90. The molecule has 3 nitrogen and oxygen atoms in total. The molecule has 84 valence electrons. The van der Waals surface area contributed by atoms with E-state index in [0.717, 1.165) is 23.9 Å². The van der Waals surface area contributed by atoms with Crippen molar-refractivity contribution in [3.8, 4) is 0 Å². The van der Waals surface area contributed by atoms with Crippen LogP contribution in [-0.2, 0) is 13.6 Å². The van der Waals surface area contributed by atoms with Gasteiger partial charge in [0.15, 0.2) is 0 Å². The van der Waals surface area contributed by atoms with E-state index in [1.807, 2.05) is 30.5 Å². The van der Waals surface area contributed by atoms with Crippen LogP contribution in [-0.4, -0.2) is 11.1 Å². The number of aryl methyl sites for hydroxylation is 1. The Bertz CT molecular complexity index is 557. The Kier molecular flexibility index (Phi) is 3.06. The molecule has 0 bridgehead atoms. The van der Waals surface area contributed by atoms with E-state index in [2.05, 4.69) is 12.2 Å². The second-order valence-electron chi connectivity index (χ2n) is 3.90. The molecule has 2 aromatic rings. The summed E-state index contributed by atoms with van der Waals surface area (Å²) in [6.07, 6.45) is 1.91. The van der Waals surface area contributed by atoms with Crippen LogP contribution in [0.25, 0.3) is 10.8 Å². The summed E-state index contributed by atoms with van der Waals surface area (Å²) in [7, 11) is 1.80. The topological polar surface area (TPSA) is 34.0 Å². The number of pyridine rings is 1. The second kappa shape index (κ2) is 4.49. The van der Waals surface area contributed by atoms with E-state index >= 15 is 0 Å². The van der Waals surface area contributed by atoms with Crippen LogP contribution in [0.3, 0.4) is 0 Å². The molecule has 0 aliphatic heterocycles. The minimum atomic E-state index is 0.0656. The molecular formula is C13H16N2O. The molecule has 1 aromatic carbocycles. The Morgan fingerprint density at radius 1 is 1.25 bits per heavy atom. The molecule has 0 spiro atoms. The van der Waals surface area contributed by atoms with Gasteiger partial charge in [-0.15, -0.1) is 0 Å². The van der Waals surface area contributed by atoms with E-state index in [9.17, 15) is 4.79 Å². The molecule has 16 heavy (non-hydrogen) atoms. The smallest absolute Gasteiger partial charge is 0.258 e. The van der Waals surface area contributed by atoms with E-state index in [-0.39, 0.29) is 5.56 Å². The minimum Gasteiger partial charge on any atom is -0.318 e. The van der Waals surface area contributed by atoms with Gasteiger partial charge in [-0.1, -0.05) is 25.1 Å². The van der Waals surface area contributed by atoms with Crippen molar-refractivity contribution in [2.75, 3.05) is 6.54 Å². The number of nitrogens with zero attached hydrogens (tertiary/aromatic N) is 1.